The molecule has 4 heteroatoms. The van der Waals surface area contributed by atoms with Gasteiger partial charge in [0.15, 0.2) is 0 Å². The second-order valence-corrected chi connectivity index (χ2v) is 4.97. The Bertz CT molecular complexity index is 689. The summed E-state index contributed by atoms with van der Waals surface area (Å²) >= 11 is 0. The SMILES string of the molecule is CN=C(C=C(N)CN)CCc1cc(O)c2ccccc2c1. The van der Waals surface area contributed by atoms with Crippen LogP contribution in [0.1, 0.15) is 12.0 Å². The van der Waals surface area contributed by atoms with E-state index in [0.29, 0.717) is 18.0 Å². The Labute approximate surface area is 124 Å². The quantitative estimate of drug-likeness (QED) is 0.736. The van der Waals surface area contributed by atoms with Gasteiger partial charge in [0, 0.05) is 30.4 Å². The summed E-state index contributed by atoms with van der Waals surface area (Å²) in [5.74, 6) is 0.315. The van der Waals surface area contributed by atoms with Crippen LogP contribution in [0.5, 0.6) is 5.75 Å². The Hall–Kier alpha value is -2.33. The topological polar surface area (TPSA) is 84.6 Å². The van der Waals surface area contributed by atoms with Gasteiger partial charge in [0.25, 0.3) is 0 Å². The number of aryl methyl sites for hydroxylation is 1. The molecular weight excluding hydrogens is 262 g/mol. The standard InChI is InChI=1S/C17H21N3O/c1-20-15(10-14(19)11-18)7-6-12-8-13-4-2-3-5-16(13)17(21)9-12/h2-5,8-10,21H,6-7,11,18-19H2,1H3. The van der Waals surface area contributed by atoms with Gasteiger partial charge in [0.05, 0.1) is 0 Å². The lowest BCUT2D eigenvalue weighted by Crippen LogP contribution is -2.13. The minimum atomic E-state index is 0.315. The van der Waals surface area contributed by atoms with Crippen molar-refractivity contribution in [3.63, 3.8) is 0 Å². The van der Waals surface area contributed by atoms with Gasteiger partial charge in [-0.3, -0.25) is 4.99 Å². The van der Waals surface area contributed by atoms with Gasteiger partial charge in [0.1, 0.15) is 5.75 Å². The van der Waals surface area contributed by atoms with Crippen LogP contribution in [0.3, 0.4) is 0 Å². The van der Waals surface area contributed by atoms with Crippen molar-refractivity contribution in [2.24, 2.45) is 16.5 Å². The Kier molecular flexibility index (Phi) is 4.95. The van der Waals surface area contributed by atoms with Gasteiger partial charge in [-0.1, -0.05) is 30.3 Å². The van der Waals surface area contributed by atoms with E-state index in [9.17, 15) is 5.11 Å². The van der Waals surface area contributed by atoms with Crippen LogP contribution in [0.2, 0.25) is 0 Å². The van der Waals surface area contributed by atoms with E-state index in [1.165, 1.54) is 0 Å². The maximum absolute atomic E-state index is 10.1. The van der Waals surface area contributed by atoms with E-state index in [-0.39, 0.29) is 0 Å². The number of allylic oxidation sites excluding steroid dienone is 1. The van der Waals surface area contributed by atoms with E-state index >= 15 is 0 Å². The fourth-order valence-electron chi connectivity index (χ4n) is 2.29. The molecular formula is C17H21N3O. The van der Waals surface area contributed by atoms with Gasteiger partial charge in [-0.15, -0.1) is 0 Å². The van der Waals surface area contributed by atoms with Gasteiger partial charge in [-0.05, 0) is 35.9 Å². The first-order valence-corrected chi connectivity index (χ1v) is 6.96. The summed E-state index contributed by atoms with van der Waals surface area (Å²) in [4.78, 5) is 4.22. The second-order valence-electron chi connectivity index (χ2n) is 4.97. The summed E-state index contributed by atoms with van der Waals surface area (Å²) in [7, 11) is 1.74. The molecule has 0 saturated heterocycles. The fraction of sp³-hybridized carbons (Fsp3) is 0.235. The molecule has 0 saturated carbocycles. The number of aromatic hydroxyl groups is 1. The van der Waals surface area contributed by atoms with Crippen molar-refractivity contribution in [2.45, 2.75) is 12.8 Å². The predicted octanol–water partition coefficient (Wildman–Crippen LogP) is 2.35. The summed E-state index contributed by atoms with van der Waals surface area (Å²) in [6.07, 6.45) is 3.37. The first-order chi connectivity index (χ1) is 10.1. The van der Waals surface area contributed by atoms with Crippen molar-refractivity contribution >= 4 is 16.5 Å². The van der Waals surface area contributed by atoms with Crippen LogP contribution in [0, 0.1) is 0 Å². The minimum absolute atomic E-state index is 0.315. The molecule has 110 valence electrons. The van der Waals surface area contributed by atoms with E-state index < -0.39 is 0 Å². The van der Waals surface area contributed by atoms with E-state index in [2.05, 4.69) is 11.1 Å². The van der Waals surface area contributed by atoms with E-state index in [0.717, 1.165) is 34.9 Å². The molecule has 2 aromatic rings. The van der Waals surface area contributed by atoms with E-state index in [1.807, 2.05) is 36.4 Å². The van der Waals surface area contributed by atoms with E-state index in [1.54, 1.807) is 7.05 Å². The maximum Gasteiger partial charge on any atom is 0.123 e. The number of fused-ring (bicyclic) bond motifs is 1. The van der Waals surface area contributed by atoms with Crippen LogP contribution in [0.4, 0.5) is 0 Å². The summed E-state index contributed by atoms with van der Waals surface area (Å²) in [5.41, 5.74) is 13.8. The van der Waals surface area contributed by atoms with Gasteiger partial charge < -0.3 is 16.6 Å². The first-order valence-electron chi connectivity index (χ1n) is 6.96. The lowest BCUT2D eigenvalue weighted by atomic mass is 10.0. The Morgan fingerprint density at radius 2 is 2.05 bits per heavy atom. The van der Waals surface area contributed by atoms with Gasteiger partial charge in [-0.25, -0.2) is 0 Å². The Morgan fingerprint density at radius 3 is 2.76 bits per heavy atom. The molecule has 0 aliphatic carbocycles. The van der Waals surface area contributed by atoms with Crippen molar-refractivity contribution in [1.29, 1.82) is 0 Å². The van der Waals surface area contributed by atoms with Crippen molar-refractivity contribution < 1.29 is 5.11 Å². The minimum Gasteiger partial charge on any atom is -0.507 e. The normalized spacial score (nSPS) is 12.9. The zero-order valence-electron chi connectivity index (χ0n) is 12.2. The number of aliphatic imine (C=N–C) groups is 1. The third-order valence-electron chi connectivity index (χ3n) is 3.44. The van der Waals surface area contributed by atoms with Crippen molar-refractivity contribution in [2.75, 3.05) is 13.6 Å². The molecule has 0 heterocycles. The zero-order chi connectivity index (χ0) is 15.2. The number of benzene rings is 2. The molecule has 2 rings (SSSR count). The summed E-state index contributed by atoms with van der Waals surface area (Å²) in [6, 6.07) is 11.7. The van der Waals surface area contributed by atoms with E-state index in [4.69, 9.17) is 11.5 Å². The number of nitrogens with zero attached hydrogens (tertiary/aromatic N) is 1. The zero-order valence-corrected chi connectivity index (χ0v) is 12.2. The highest BCUT2D eigenvalue weighted by Crippen LogP contribution is 2.26. The monoisotopic (exact) mass is 283 g/mol. The van der Waals surface area contributed by atoms with Crippen LogP contribution in [0.25, 0.3) is 10.8 Å². The number of rotatable bonds is 5. The fourth-order valence-corrected chi connectivity index (χ4v) is 2.29. The molecule has 0 atom stereocenters. The number of hydrogen-bond acceptors (Lipinski definition) is 4. The van der Waals surface area contributed by atoms with Crippen molar-refractivity contribution in [1.82, 2.24) is 0 Å². The summed E-state index contributed by atoms with van der Waals surface area (Å²) in [6.45, 7) is 0.329. The van der Waals surface area contributed by atoms with Crippen LogP contribution in [-0.2, 0) is 6.42 Å². The highest BCUT2D eigenvalue weighted by Gasteiger charge is 2.04. The molecule has 0 aliphatic heterocycles. The largest absolute Gasteiger partial charge is 0.507 e. The number of nitrogens with two attached hydrogens (primary N) is 2. The summed E-state index contributed by atoms with van der Waals surface area (Å²) < 4.78 is 0. The molecule has 0 bridgehead atoms. The molecule has 5 N–H and O–H groups in total. The number of phenols is 1. The van der Waals surface area contributed by atoms with Crippen molar-refractivity contribution in [3.05, 3.63) is 53.7 Å². The number of phenolic OH excluding ortho intramolecular Hbond substituents is 1. The number of hydrogen-bond donors (Lipinski definition) is 3. The highest BCUT2D eigenvalue weighted by molar-refractivity contribution is 5.95. The third kappa shape index (κ3) is 3.83. The van der Waals surface area contributed by atoms with Crippen LogP contribution < -0.4 is 11.5 Å². The molecule has 0 aliphatic rings. The molecule has 4 nitrogen and oxygen atoms in total. The van der Waals surface area contributed by atoms with Crippen LogP contribution in [0.15, 0.2) is 53.2 Å². The van der Waals surface area contributed by atoms with Gasteiger partial charge in [0.2, 0.25) is 0 Å². The average Bonchev–Trinajstić information content (AvgIpc) is 2.51. The molecule has 2 aromatic carbocycles. The molecule has 0 amide bonds. The molecule has 0 radical (unpaired) electrons. The van der Waals surface area contributed by atoms with Gasteiger partial charge >= 0.3 is 0 Å². The molecule has 0 fully saturated rings. The molecule has 0 aromatic heterocycles. The first kappa shape index (κ1) is 15.1. The van der Waals surface area contributed by atoms with Crippen molar-refractivity contribution in [3.8, 4) is 5.75 Å². The smallest absolute Gasteiger partial charge is 0.123 e. The molecule has 0 spiro atoms. The lowest BCUT2D eigenvalue weighted by Gasteiger charge is -2.07. The average molecular weight is 283 g/mol. The lowest BCUT2D eigenvalue weighted by molar-refractivity contribution is 0.481. The highest BCUT2D eigenvalue weighted by atomic mass is 16.3. The van der Waals surface area contributed by atoms with Crippen LogP contribution >= 0.6 is 0 Å². The van der Waals surface area contributed by atoms with Crippen LogP contribution in [-0.4, -0.2) is 24.4 Å². The summed E-state index contributed by atoms with van der Waals surface area (Å²) in [5, 5.41) is 12.0. The predicted molar refractivity (Wildman–Crippen MR) is 88.6 cm³/mol. The Morgan fingerprint density at radius 1 is 1.29 bits per heavy atom. The Balaban J connectivity index is 2.17. The molecule has 0 unspecified atom stereocenters. The third-order valence-corrected chi connectivity index (χ3v) is 3.44. The maximum atomic E-state index is 10.1. The molecule has 21 heavy (non-hydrogen) atoms. The van der Waals surface area contributed by atoms with Gasteiger partial charge in [-0.2, -0.15) is 0 Å². The second kappa shape index (κ2) is 6.90.